The van der Waals surface area contributed by atoms with Crippen molar-refractivity contribution in [3.63, 3.8) is 0 Å². The van der Waals surface area contributed by atoms with Gasteiger partial charge in [-0.1, -0.05) is 6.07 Å². The monoisotopic (exact) mass is 434 g/mol. The Morgan fingerprint density at radius 3 is 2.67 bits per heavy atom. The van der Waals surface area contributed by atoms with E-state index in [4.69, 9.17) is 4.74 Å². The van der Waals surface area contributed by atoms with E-state index < -0.39 is 21.8 Å². The SMILES string of the molecule is CCOc1ccc(S(=O)(=O)N2CCC[C@@H](C(=O)Nc3cc(F)ccc3C)C2)cc1C. The van der Waals surface area contributed by atoms with E-state index in [2.05, 4.69) is 5.32 Å². The van der Waals surface area contributed by atoms with Gasteiger partial charge in [-0.3, -0.25) is 4.79 Å². The Morgan fingerprint density at radius 1 is 1.20 bits per heavy atom. The van der Waals surface area contributed by atoms with Crippen LogP contribution in [0.5, 0.6) is 5.75 Å². The fourth-order valence-corrected chi connectivity index (χ4v) is 5.20. The topological polar surface area (TPSA) is 75.7 Å². The highest BCUT2D eigenvalue weighted by atomic mass is 32.2. The van der Waals surface area contributed by atoms with Gasteiger partial charge in [-0.05, 0) is 75.1 Å². The van der Waals surface area contributed by atoms with Gasteiger partial charge in [0, 0.05) is 18.8 Å². The first kappa shape index (κ1) is 22.2. The van der Waals surface area contributed by atoms with Crippen molar-refractivity contribution in [2.24, 2.45) is 5.92 Å². The maximum Gasteiger partial charge on any atom is 0.243 e. The van der Waals surface area contributed by atoms with Gasteiger partial charge in [-0.2, -0.15) is 4.31 Å². The fourth-order valence-electron chi connectivity index (χ4n) is 3.59. The van der Waals surface area contributed by atoms with Gasteiger partial charge in [0.15, 0.2) is 0 Å². The molecule has 0 aliphatic carbocycles. The van der Waals surface area contributed by atoms with Crippen LogP contribution in [0.1, 0.15) is 30.9 Å². The summed E-state index contributed by atoms with van der Waals surface area (Å²) in [6, 6.07) is 8.99. The molecule has 1 aliphatic rings. The summed E-state index contributed by atoms with van der Waals surface area (Å²) in [5, 5.41) is 2.75. The maximum absolute atomic E-state index is 13.5. The number of rotatable bonds is 6. The van der Waals surface area contributed by atoms with Crippen molar-refractivity contribution in [3.8, 4) is 5.75 Å². The van der Waals surface area contributed by atoms with Gasteiger partial charge in [-0.15, -0.1) is 0 Å². The Morgan fingerprint density at radius 2 is 1.97 bits per heavy atom. The number of hydrogen-bond donors (Lipinski definition) is 1. The summed E-state index contributed by atoms with van der Waals surface area (Å²) >= 11 is 0. The highest BCUT2D eigenvalue weighted by molar-refractivity contribution is 7.89. The summed E-state index contributed by atoms with van der Waals surface area (Å²) < 4.78 is 46.6. The Labute approximate surface area is 177 Å². The fraction of sp³-hybridized carbons (Fsp3) is 0.409. The van der Waals surface area contributed by atoms with Crippen molar-refractivity contribution in [2.75, 3.05) is 25.0 Å². The third-order valence-electron chi connectivity index (χ3n) is 5.30. The zero-order valence-corrected chi connectivity index (χ0v) is 18.3. The third kappa shape index (κ3) is 4.82. The van der Waals surface area contributed by atoms with Crippen molar-refractivity contribution in [1.82, 2.24) is 4.31 Å². The van der Waals surface area contributed by atoms with Crippen LogP contribution < -0.4 is 10.1 Å². The van der Waals surface area contributed by atoms with E-state index in [9.17, 15) is 17.6 Å². The Hall–Kier alpha value is -2.45. The molecule has 3 rings (SSSR count). The number of ether oxygens (including phenoxy) is 1. The molecule has 1 atom stereocenters. The number of halogens is 1. The molecule has 2 aromatic rings. The minimum atomic E-state index is -3.73. The number of benzene rings is 2. The maximum atomic E-state index is 13.5. The molecular formula is C22H27FN2O4S. The third-order valence-corrected chi connectivity index (χ3v) is 7.16. The average molecular weight is 435 g/mol. The quantitative estimate of drug-likeness (QED) is 0.749. The molecule has 162 valence electrons. The molecule has 0 bridgehead atoms. The number of carbonyl (C=O) groups is 1. The number of hydrogen-bond acceptors (Lipinski definition) is 4. The summed E-state index contributed by atoms with van der Waals surface area (Å²) in [5.41, 5.74) is 1.89. The Kier molecular flexibility index (Phi) is 6.77. The first-order valence-corrected chi connectivity index (χ1v) is 11.5. The van der Waals surface area contributed by atoms with Crippen LogP contribution in [0.15, 0.2) is 41.3 Å². The minimum absolute atomic E-state index is 0.0921. The predicted molar refractivity (Wildman–Crippen MR) is 114 cm³/mol. The average Bonchev–Trinajstić information content (AvgIpc) is 2.72. The number of nitrogens with one attached hydrogen (secondary N) is 1. The molecule has 2 aromatic carbocycles. The number of carbonyl (C=O) groups excluding carboxylic acids is 1. The lowest BCUT2D eigenvalue weighted by Gasteiger charge is -2.31. The molecule has 1 aliphatic heterocycles. The molecule has 1 amide bonds. The lowest BCUT2D eigenvalue weighted by atomic mass is 9.98. The Bertz CT molecular complexity index is 1040. The van der Waals surface area contributed by atoms with E-state index in [1.807, 2.05) is 6.92 Å². The van der Waals surface area contributed by atoms with Crippen molar-refractivity contribution >= 4 is 21.6 Å². The van der Waals surface area contributed by atoms with Crippen LogP contribution in [0, 0.1) is 25.6 Å². The van der Waals surface area contributed by atoms with Crippen molar-refractivity contribution in [1.29, 1.82) is 0 Å². The van der Waals surface area contributed by atoms with Gasteiger partial charge in [0.05, 0.1) is 17.4 Å². The number of aryl methyl sites for hydroxylation is 2. The molecule has 1 fully saturated rings. The summed E-state index contributed by atoms with van der Waals surface area (Å²) in [7, 11) is -3.73. The molecule has 8 heteroatoms. The van der Waals surface area contributed by atoms with Gasteiger partial charge < -0.3 is 10.1 Å². The minimum Gasteiger partial charge on any atom is -0.494 e. The van der Waals surface area contributed by atoms with Crippen molar-refractivity contribution in [3.05, 3.63) is 53.3 Å². The van der Waals surface area contributed by atoms with Crippen LogP contribution in [0.2, 0.25) is 0 Å². The molecule has 0 unspecified atom stereocenters. The molecule has 0 aromatic heterocycles. The molecule has 1 heterocycles. The zero-order valence-electron chi connectivity index (χ0n) is 17.4. The standard InChI is InChI=1S/C22H27FN2O4S/c1-4-29-21-10-9-19(12-16(21)3)30(27,28)25-11-5-6-17(14-25)22(26)24-20-13-18(23)8-7-15(20)2/h7-10,12-13,17H,4-6,11,14H2,1-3H3,(H,24,26)/t17-/m1/s1. The number of sulfonamides is 1. The second-order valence-corrected chi connectivity index (χ2v) is 9.45. The van der Waals surface area contributed by atoms with E-state index in [1.165, 1.54) is 22.5 Å². The van der Waals surface area contributed by atoms with Crippen molar-refractivity contribution in [2.45, 2.75) is 38.5 Å². The number of amides is 1. The lowest BCUT2D eigenvalue weighted by molar-refractivity contribution is -0.120. The van der Waals surface area contributed by atoms with Crippen LogP contribution in [-0.2, 0) is 14.8 Å². The van der Waals surface area contributed by atoms with Crippen LogP contribution >= 0.6 is 0 Å². The summed E-state index contributed by atoms with van der Waals surface area (Å²) in [4.78, 5) is 12.9. The van der Waals surface area contributed by atoms with Crippen LogP contribution in [0.25, 0.3) is 0 Å². The molecule has 6 nitrogen and oxygen atoms in total. The second kappa shape index (κ2) is 9.14. The highest BCUT2D eigenvalue weighted by Crippen LogP contribution is 2.28. The molecule has 1 saturated heterocycles. The van der Waals surface area contributed by atoms with Crippen LogP contribution in [0.4, 0.5) is 10.1 Å². The van der Waals surface area contributed by atoms with Crippen molar-refractivity contribution < 1.29 is 22.3 Å². The van der Waals surface area contributed by atoms with Gasteiger partial charge in [0.1, 0.15) is 11.6 Å². The lowest BCUT2D eigenvalue weighted by Crippen LogP contribution is -2.43. The largest absolute Gasteiger partial charge is 0.494 e. The summed E-state index contributed by atoms with van der Waals surface area (Å²) in [6.45, 7) is 6.40. The first-order chi connectivity index (χ1) is 14.2. The first-order valence-electron chi connectivity index (χ1n) is 10.0. The number of anilines is 1. The smallest absolute Gasteiger partial charge is 0.243 e. The van der Waals surface area contributed by atoms with E-state index >= 15 is 0 Å². The zero-order chi connectivity index (χ0) is 21.9. The van der Waals surface area contributed by atoms with Gasteiger partial charge >= 0.3 is 0 Å². The second-order valence-electron chi connectivity index (χ2n) is 7.51. The normalized spacial score (nSPS) is 17.5. The van der Waals surface area contributed by atoms with Crippen LogP contribution in [-0.4, -0.2) is 38.3 Å². The highest BCUT2D eigenvalue weighted by Gasteiger charge is 2.33. The van der Waals surface area contributed by atoms with Crippen LogP contribution in [0.3, 0.4) is 0 Å². The molecule has 30 heavy (non-hydrogen) atoms. The predicted octanol–water partition coefficient (Wildman–Crippen LogP) is 3.88. The molecule has 0 spiro atoms. The summed E-state index contributed by atoms with van der Waals surface area (Å²) in [5.74, 6) is -0.584. The van der Waals surface area contributed by atoms with Gasteiger partial charge in [-0.25, -0.2) is 12.8 Å². The molecule has 0 radical (unpaired) electrons. The number of nitrogens with zero attached hydrogens (tertiary/aromatic N) is 1. The number of piperidine rings is 1. The van der Waals surface area contributed by atoms with Gasteiger partial charge in [0.2, 0.25) is 15.9 Å². The molecule has 0 saturated carbocycles. The van der Waals surface area contributed by atoms with Gasteiger partial charge in [0.25, 0.3) is 0 Å². The van der Waals surface area contributed by atoms with E-state index in [-0.39, 0.29) is 17.3 Å². The molecular weight excluding hydrogens is 407 g/mol. The van der Waals surface area contributed by atoms with E-state index in [0.29, 0.717) is 37.4 Å². The van der Waals surface area contributed by atoms with E-state index in [1.54, 1.807) is 32.0 Å². The molecule has 1 N–H and O–H groups in total. The summed E-state index contributed by atoms with van der Waals surface area (Å²) in [6.07, 6.45) is 1.16. The Balaban J connectivity index is 1.75. The van der Waals surface area contributed by atoms with E-state index in [0.717, 1.165) is 11.1 Å².